The highest BCUT2D eigenvalue weighted by Crippen LogP contribution is 2.31. The monoisotopic (exact) mass is 333 g/mol. The van der Waals surface area contributed by atoms with Gasteiger partial charge in [0.25, 0.3) is 0 Å². The number of pyridine rings is 1. The lowest BCUT2D eigenvalue weighted by atomic mass is 10.2. The summed E-state index contributed by atoms with van der Waals surface area (Å²) in [6.45, 7) is 6.80. The number of aromatic nitrogens is 4. The molecule has 0 aliphatic heterocycles. The summed E-state index contributed by atoms with van der Waals surface area (Å²) in [4.78, 5) is 13.5. The third kappa shape index (κ3) is 2.65. The zero-order chi connectivity index (χ0) is 17.4. The molecule has 4 rings (SSSR count). The molecule has 0 radical (unpaired) electrons. The molecule has 0 saturated heterocycles. The number of rotatable bonds is 4. The Morgan fingerprint density at radius 3 is 2.76 bits per heavy atom. The van der Waals surface area contributed by atoms with Gasteiger partial charge >= 0.3 is 0 Å². The van der Waals surface area contributed by atoms with Gasteiger partial charge in [-0.2, -0.15) is 0 Å². The number of hydrogen-bond acceptors (Lipinski definition) is 5. The first-order valence-electron chi connectivity index (χ1n) is 8.17. The molecule has 0 fully saturated rings. The highest BCUT2D eigenvalue weighted by Gasteiger charge is 2.18. The summed E-state index contributed by atoms with van der Waals surface area (Å²) in [5, 5.41) is 4.36. The molecule has 0 saturated carbocycles. The molecule has 0 aliphatic rings. The quantitative estimate of drug-likeness (QED) is 0.612. The van der Waals surface area contributed by atoms with Crippen molar-refractivity contribution in [3.05, 3.63) is 65.6 Å². The fourth-order valence-corrected chi connectivity index (χ4v) is 3.04. The third-order valence-electron chi connectivity index (χ3n) is 4.43. The van der Waals surface area contributed by atoms with Crippen LogP contribution in [0.4, 0.5) is 5.82 Å². The van der Waals surface area contributed by atoms with Crippen LogP contribution in [0.5, 0.6) is 0 Å². The highest BCUT2D eigenvalue weighted by atomic mass is 16.3. The zero-order valence-corrected chi connectivity index (χ0v) is 14.4. The molecule has 126 valence electrons. The van der Waals surface area contributed by atoms with Gasteiger partial charge in [0, 0.05) is 11.9 Å². The topological polar surface area (TPSA) is 68.8 Å². The van der Waals surface area contributed by atoms with Gasteiger partial charge in [0.2, 0.25) is 0 Å². The standard InChI is InChI=1S/C19H19N5O/c1-12-6-7-20-16(9-12)24-14(3)13(2)17-18(22-11-23-19(17)24)21-10-15-5-4-8-25-15/h4-9,11H,10H2,1-3H3,(H,21,22,23). The van der Waals surface area contributed by atoms with Crippen LogP contribution in [0.1, 0.15) is 22.6 Å². The van der Waals surface area contributed by atoms with Crippen LogP contribution in [0, 0.1) is 20.8 Å². The van der Waals surface area contributed by atoms with Gasteiger partial charge in [0.05, 0.1) is 18.2 Å². The molecule has 0 atom stereocenters. The molecule has 4 heterocycles. The Labute approximate surface area is 145 Å². The summed E-state index contributed by atoms with van der Waals surface area (Å²) in [6, 6.07) is 7.86. The molecular formula is C19H19N5O. The van der Waals surface area contributed by atoms with E-state index in [0.717, 1.165) is 45.3 Å². The number of fused-ring (bicyclic) bond motifs is 1. The van der Waals surface area contributed by atoms with E-state index in [1.54, 1.807) is 12.6 Å². The Bertz CT molecular complexity index is 1030. The lowest BCUT2D eigenvalue weighted by Crippen LogP contribution is -2.03. The average Bonchev–Trinajstić information content (AvgIpc) is 3.21. The van der Waals surface area contributed by atoms with Crippen molar-refractivity contribution in [2.75, 3.05) is 5.32 Å². The van der Waals surface area contributed by atoms with Crippen molar-refractivity contribution >= 4 is 16.9 Å². The summed E-state index contributed by atoms with van der Waals surface area (Å²) in [5.41, 5.74) is 4.26. The molecule has 4 aromatic rings. The van der Waals surface area contributed by atoms with Crippen molar-refractivity contribution in [1.82, 2.24) is 19.5 Å². The minimum Gasteiger partial charge on any atom is -0.467 e. The Morgan fingerprint density at radius 1 is 1.12 bits per heavy atom. The first kappa shape index (κ1) is 15.4. The van der Waals surface area contributed by atoms with E-state index >= 15 is 0 Å². The Balaban J connectivity index is 1.84. The minimum atomic E-state index is 0.575. The molecular weight excluding hydrogens is 314 g/mol. The Morgan fingerprint density at radius 2 is 2.00 bits per heavy atom. The van der Waals surface area contributed by atoms with Gasteiger partial charge in [-0.1, -0.05) is 0 Å². The summed E-state index contributed by atoms with van der Waals surface area (Å²) in [7, 11) is 0. The highest BCUT2D eigenvalue weighted by molar-refractivity contribution is 5.92. The van der Waals surface area contributed by atoms with Crippen molar-refractivity contribution < 1.29 is 4.42 Å². The maximum atomic E-state index is 5.39. The van der Waals surface area contributed by atoms with E-state index in [1.807, 2.05) is 24.4 Å². The second-order valence-corrected chi connectivity index (χ2v) is 6.09. The lowest BCUT2D eigenvalue weighted by Gasteiger charge is -2.08. The van der Waals surface area contributed by atoms with E-state index in [9.17, 15) is 0 Å². The Kier molecular flexibility index (Phi) is 3.72. The van der Waals surface area contributed by atoms with Crippen LogP contribution in [0.2, 0.25) is 0 Å². The van der Waals surface area contributed by atoms with Crippen molar-refractivity contribution in [3.8, 4) is 5.82 Å². The Hall–Kier alpha value is -3.15. The first-order chi connectivity index (χ1) is 12.1. The molecule has 1 N–H and O–H groups in total. The second-order valence-electron chi connectivity index (χ2n) is 6.09. The molecule has 0 aromatic carbocycles. The number of nitrogens with zero attached hydrogens (tertiary/aromatic N) is 4. The molecule has 6 heteroatoms. The lowest BCUT2D eigenvalue weighted by molar-refractivity contribution is 0.518. The van der Waals surface area contributed by atoms with Crippen molar-refractivity contribution in [2.45, 2.75) is 27.3 Å². The van der Waals surface area contributed by atoms with Crippen LogP contribution in [0.3, 0.4) is 0 Å². The van der Waals surface area contributed by atoms with Crippen LogP contribution in [-0.2, 0) is 6.54 Å². The van der Waals surface area contributed by atoms with Gasteiger partial charge in [-0.05, 0) is 56.2 Å². The summed E-state index contributed by atoms with van der Waals surface area (Å²) < 4.78 is 7.47. The molecule has 0 amide bonds. The van der Waals surface area contributed by atoms with Gasteiger partial charge in [-0.15, -0.1) is 0 Å². The van der Waals surface area contributed by atoms with Gasteiger partial charge in [-0.25, -0.2) is 15.0 Å². The predicted molar refractivity (Wildman–Crippen MR) is 96.9 cm³/mol. The molecule has 0 unspecified atom stereocenters. The minimum absolute atomic E-state index is 0.575. The van der Waals surface area contributed by atoms with Gasteiger partial charge in [0.1, 0.15) is 23.7 Å². The largest absolute Gasteiger partial charge is 0.467 e. The van der Waals surface area contributed by atoms with E-state index in [2.05, 4.69) is 51.7 Å². The summed E-state index contributed by atoms with van der Waals surface area (Å²) >= 11 is 0. The van der Waals surface area contributed by atoms with Gasteiger partial charge in [-0.3, -0.25) is 4.57 Å². The molecule has 0 aliphatic carbocycles. The van der Waals surface area contributed by atoms with E-state index in [4.69, 9.17) is 4.42 Å². The molecule has 0 bridgehead atoms. The van der Waals surface area contributed by atoms with Crippen LogP contribution in [0.25, 0.3) is 16.9 Å². The van der Waals surface area contributed by atoms with Crippen LogP contribution in [-0.4, -0.2) is 19.5 Å². The second kappa shape index (κ2) is 6.05. The maximum Gasteiger partial charge on any atom is 0.151 e. The summed E-state index contributed by atoms with van der Waals surface area (Å²) in [5.74, 6) is 2.53. The van der Waals surface area contributed by atoms with Crippen LogP contribution in [0.15, 0.2) is 47.5 Å². The van der Waals surface area contributed by atoms with Crippen molar-refractivity contribution in [1.29, 1.82) is 0 Å². The average molecular weight is 333 g/mol. The number of nitrogens with one attached hydrogen (secondary N) is 1. The fraction of sp³-hybridized carbons (Fsp3) is 0.211. The van der Waals surface area contributed by atoms with Gasteiger partial charge in [0.15, 0.2) is 5.65 Å². The van der Waals surface area contributed by atoms with Crippen molar-refractivity contribution in [3.63, 3.8) is 0 Å². The zero-order valence-electron chi connectivity index (χ0n) is 14.4. The first-order valence-corrected chi connectivity index (χ1v) is 8.17. The molecule has 4 aromatic heterocycles. The normalized spacial score (nSPS) is 11.2. The summed E-state index contributed by atoms with van der Waals surface area (Å²) in [6.07, 6.45) is 5.07. The van der Waals surface area contributed by atoms with E-state index < -0.39 is 0 Å². The molecule has 25 heavy (non-hydrogen) atoms. The van der Waals surface area contributed by atoms with Crippen LogP contribution >= 0.6 is 0 Å². The number of hydrogen-bond donors (Lipinski definition) is 1. The molecule has 6 nitrogen and oxygen atoms in total. The smallest absolute Gasteiger partial charge is 0.151 e. The SMILES string of the molecule is Cc1ccnc(-n2c(C)c(C)c3c(NCc4ccco4)ncnc32)c1. The predicted octanol–water partition coefficient (Wildman–Crippen LogP) is 3.95. The van der Waals surface area contributed by atoms with E-state index in [1.165, 1.54) is 0 Å². The van der Waals surface area contributed by atoms with Gasteiger partial charge < -0.3 is 9.73 Å². The van der Waals surface area contributed by atoms with Crippen LogP contribution < -0.4 is 5.32 Å². The number of anilines is 1. The molecule has 0 spiro atoms. The van der Waals surface area contributed by atoms with Crippen molar-refractivity contribution in [2.24, 2.45) is 0 Å². The number of furan rings is 1. The fourth-order valence-electron chi connectivity index (χ4n) is 3.04. The number of aryl methyl sites for hydroxylation is 2. The van der Waals surface area contributed by atoms with E-state index in [-0.39, 0.29) is 0 Å². The van der Waals surface area contributed by atoms with E-state index in [0.29, 0.717) is 6.54 Å². The third-order valence-corrected chi connectivity index (χ3v) is 4.43. The maximum absolute atomic E-state index is 5.39.